The van der Waals surface area contributed by atoms with Crippen LogP contribution in [0, 0.1) is 11.8 Å². The SMILES string of the molecule is CCCC1CCC(C(N)C2=CCCCO2)CC1. The summed E-state index contributed by atoms with van der Waals surface area (Å²) in [7, 11) is 0. The Hall–Kier alpha value is -0.500. The van der Waals surface area contributed by atoms with Crippen LogP contribution in [0.25, 0.3) is 0 Å². The van der Waals surface area contributed by atoms with Crippen molar-refractivity contribution >= 4 is 0 Å². The summed E-state index contributed by atoms with van der Waals surface area (Å²) >= 11 is 0. The van der Waals surface area contributed by atoms with E-state index in [2.05, 4.69) is 13.0 Å². The average molecular weight is 237 g/mol. The van der Waals surface area contributed by atoms with E-state index >= 15 is 0 Å². The molecule has 0 saturated heterocycles. The highest BCUT2D eigenvalue weighted by Crippen LogP contribution is 2.34. The Bertz CT molecular complexity index is 254. The average Bonchev–Trinajstić information content (AvgIpc) is 2.40. The Morgan fingerprint density at radius 1 is 1.35 bits per heavy atom. The first-order valence-corrected chi connectivity index (χ1v) is 7.39. The van der Waals surface area contributed by atoms with Gasteiger partial charge in [-0.1, -0.05) is 32.6 Å². The molecule has 1 atom stereocenters. The molecule has 17 heavy (non-hydrogen) atoms. The molecule has 0 aromatic heterocycles. The fraction of sp³-hybridized carbons (Fsp3) is 0.867. The van der Waals surface area contributed by atoms with Gasteiger partial charge in [-0.25, -0.2) is 0 Å². The van der Waals surface area contributed by atoms with Gasteiger partial charge in [-0.15, -0.1) is 0 Å². The van der Waals surface area contributed by atoms with Gasteiger partial charge in [0.1, 0.15) is 5.76 Å². The zero-order valence-electron chi connectivity index (χ0n) is 11.2. The molecule has 98 valence electrons. The molecule has 1 aliphatic heterocycles. The van der Waals surface area contributed by atoms with E-state index in [-0.39, 0.29) is 6.04 Å². The van der Waals surface area contributed by atoms with E-state index in [0.717, 1.165) is 31.1 Å². The molecule has 0 radical (unpaired) electrons. The quantitative estimate of drug-likeness (QED) is 0.810. The van der Waals surface area contributed by atoms with Gasteiger partial charge in [0, 0.05) is 0 Å². The third-order valence-corrected chi connectivity index (χ3v) is 4.39. The van der Waals surface area contributed by atoms with Crippen LogP contribution in [0.4, 0.5) is 0 Å². The number of ether oxygens (including phenoxy) is 1. The van der Waals surface area contributed by atoms with Crippen molar-refractivity contribution in [3.05, 3.63) is 11.8 Å². The molecule has 1 aliphatic carbocycles. The van der Waals surface area contributed by atoms with Crippen LogP contribution in [0.2, 0.25) is 0 Å². The van der Waals surface area contributed by atoms with E-state index in [9.17, 15) is 0 Å². The molecule has 0 bridgehead atoms. The van der Waals surface area contributed by atoms with Crippen molar-refractivity contribution in [1.29, 1.82) is 0 Å². The molecule has 2 heteroatoms. The summed E-state index contributed by atoms with van der Waals surface area (Å²) in [6.07, 6.45) is 12.6. The van der Waals surface area contributed by atoms with Crippen molar-refractivity contribution in [3.63, 3.8) is 0 Å². The van der Waals surface area contributed by atoms with E-state index in [0.29, 0.717) is 5.92 Å². The second kappa shape index (κ2) is 6.44. The van der Waals surface area contributed by atoms with E-state index in [1.54, 1.807) is 0 Å². The third-order valence-electron chi connectivity index (χ3n) is 4.39. The maximum absolute atomic E-state index is 6.35. The number of rotatable bonds is 4. The van der Waals surface area contributed by atoms with Gasteiger partial charge >= 0.3 is 0 Å². The van der Waals surface area contributed by atoms with Crippen LogP contribution >= 0.6 is 0 Å². The number of nitrogens with two attached hydrogens (primary N) is 1. The van der Waals surface area contributed by atoms with Crippen molar-refractivity contribution < 1.29 is 4.74 Å². The second-order valence-electron chi connectivity index (χ2n) is 5.69. The lowest BCUT2D eigenvalue weighted by atomic mass is 9.76. The number of allylic oxidation sites excluding steroid dienone is 1. The zero-order valence-corrected chi connectivity index (χ0v) is 11.2. The van der Waals surface area contributed by atoms with Crippen LogP contribution < -0.4 is 5.73 Å². The molecule has 1 saturated carbocycles. The van der Waals surface area contributed by atoms with Crippen LogP contribution in [0.1, 0.15) is 58.3 Å². The molecule has 0 aromatic carbocycles. The maximum Gasteiger partial charge on any atom is 0.109 e. The van der Waals surface area contributed by atoms with Crippen molar-refractivity contribution in [2.24, 2.45) is 17.6 Å². The predicted molar refractivity (Wildman–Crippen MR) is 71.6 cm³/mol. The first kappa shape index (κ1) is 12.9. The highest BCUT2D eigenvalue weighted by atomic mass is 16.5. The summed E-state index contributed by atoms with van der Waals surface area (Å²) in [5.74, 6) is 2.70. The molecule has 2 rings (SSSR count). The molecule has 1 unspecified atom stereocenters. The van der Waals surface area contributed by atoms with Gasteiger partial charge in [-0.3, -0.25) is 0 Å². The van der Waals surface area contributed by atoms with E-state index in [1.165, 1.54) is 38.5 Å². The minimum absolute atomic E-state index is 0.165. The molecule has 0 spiro atoms. The molecular formula is C15H27NO. The van der Waals surface area contributed by atoms with Crippen LogP contribution in [0.5, 0.6) is 0 Å². The molecule has 1 fully saturated rings. The standard InChI is InChI=1S/C15H27NO/c1-2-5-12-7-9-13(10-8-12)15(16)14-6-3-4-11-17-14/h6,12-13,15H,2-5,7-11,16H2,1H3. The lowest BCUT2D eigenvalue weighted by Crippen LogP contribution is -2.36. The first-order chi connectivity index (χ1) is 8.31. The van der Waals surface area contributed by atoms with Crippen molar-refractivity contribution in [3.8, 4) is 0 Å². The molecule has 2 nitrogen and oxygen atoms in total. The van der Waals surface area contributed by atoms with Gasteiger partial charge in [-0.2, -0.15) is 0 Å². The predicted octanol–water partition coefficient (Wildman–Crippen LogP) is 3.61. The topological polar surface area (TPSA) is 35.2 Å². The summed E-state index contributed by atoms with van der Waals surface area (Å²) in [4.78, 5) is 0. The van der Waals surface area contributed by atoms with E-state index in [4.69, 9.17) is 10.5 Å². The van der Waals surface area contributed by atoms with Crippen LogP contribution in [-0.4, -0.2) is 12.6 Å². The van der Waals surface area contributed by atoms with Crippen molar-refractivity contribution in [2.75, 3.05) is 6.61 Å². The van der Waals surface area contributed by atoms with Gasteiger partial charge in [0.2, 0.25) is 0 Å². The normalized spacial score (nSPS) is 31.5. The third kappa shape index (κ3) is 3.48. The van der Waals surface area contributed by atoms with Gasteiger partial charge in [-0.05, 0) is 43.6 Å². The van der Waals surface area contributed by atoms with Crippen LogP contribution in [0.3, 0.4) is 0 Å². The Balaban J connectivity index is 1.81. The largest absolute Gasteiger partial charge is 0.497 e. The van der Waals surface area contributed by atoms with E-state index < -0.39 is 0 Å². The first-order valence-electron chi connectivity index (χ1n) is 7.39. The molecular weight excluding hydrogens is 210 g/mol. The summed E-state index contributed by atoms with van der Waals surface area (Å²) < 4.78 is 5.70. The molecule has 1 heterocycles. The van der Waals surface area contributed by atoms with Gasteiger partial charge < -0.3 is 10.5 Å². The number of hydrogen-bond donors (Lipinski definition) is 1. The summed E-state index contributed by atoms with van der Waals surface area (Å²) in [6.45, 7) is 3.16. The Labute approximate surface area is 106 Å². The molecule has 2 aliphatic rings. The van der Waals surface area contributed by atoms with Crippen molar-refractivity contribution in [1.82, 2.24) is 0 Å². The van der Waals surface area contributed by atoms with Crippen LogP contribution in [-0.2, 0) is 4.74 Å². The maximum atomic E-state index is 6.35. The minimum Gasteiger partial charge on any atom is -0.497 e. The fourth-order valence-electron chi connectivity index (χ4n) is 3.29. The molecule has 2 N–H and O–H groups in total. The van der Waals surface area contributed by atoms with Gasteiger partial charge in [0.15, 0.2) is 0 Å². The lowest BCUT2D eigenvalue weighted by molar-refractivity contribution is 0.144. The zero-order chi connectivity index (χ0) is 12.1. The lowest BCUT2D eigenvalue weighted by Gasteiger charge is -2.33. The smallest absolute Gasteiger partial charge is 0.109 e. The summed E-state index contributed by atoms with van der Waals surface area (Å²) in [5.41, 5.74) is 6.35. The van der Waals surface area contributed by atoms with E-state index in [1.807, 2.05) is 0 Å². The van der Waals surface area contributed by atoms with Gasteiger partial charge in [0.05, 0.1) is 12.6 Å². The minimum atomic E-state index is 0.165. The summed E-state index contributed by atoms with van der Waals surface area (Å²) in [6, 6.07) is 0.165. The summed E-state index contributed by atoms with van der Waals surface area (Å²) in [5, 5.41) is 0. The highest BCUT2D eigenvalue weighted by Gasteiger charge is 2.28. The Kier molecular flexibility index (Phi) is 4.90. The van der Waals surface area contributed by atoms with Gasteiger partial charge in [0.25, 0.3) is 0 Å². The second-order valence-corrected chi connectivity index (χ2v) is 5.69. The fourth-order valence-corrected chi connectivity index (χ4v) is 3.29. The molecule has 0 amide bonds. The monoisotopic (exact) mass is 237 g/mol. The Morgan fingerprint density at radius 3 is 2.71 bits per heavy atom. The number of hydrogen-bond acceptors (Lipinski definition) is 2. The van der Waals surface area contributed by atoms with Crippen molar-refractivity contribution in [2.45, 2.75) is 64.3 Å². The van der Waals surface area contributed by atoms with Crippen LogP contribution in [0.15, 0.2) is 11.8 Å². The highest BCUT2D eigenvalue weighted by molar-refractivity contribution is 5.07. The molecule has 0 aromatic rings. The Morgan fingerprint density at radius 2 is 2.12 bits per heavy atom.